The second-order valence-electron chi connectivity index (χ2n) is 7.18. The van der Waals surface area contributed by atoms with E-state index in [1.807, 2.05) is 49.4 Å². The molecule has 2 nitrogen and oxygen atoms in total. The van der Waals surface area contributed by atoms with E-state index in [1.165, 1.54) is 0 Å². The van der Waals surface area contributed by atoms with Crippen LogP contribution >= 0.6 is 0 Å². The van der Waals surface area contributed by atoms with Crippen LogP contribution in [0.4, 0.5) is 0 Å². The first kappa shape index (κ1) is 15.9. The number of rotatable bonds is 3. The van der Waals surface area contributed by atoms with E-state index in [2.05, 4.69) is 13.8 Å². The van der Waals surface area contributed by atoms with E-state index in [0.717, 1.165) is 23.6 Å². The Morgan fingerprint density at radius 1 is 1.04 bits per heavy atom. The molecule has 1 aliphatic carbocycles. The fourth-order valence-electron chi connectivity index (χ4n) is 3.92. The molecule has 0 bridgehead atoms. The van der Waals surface area contributed by atoms with E-state index in [9.17, 15) is 9.59 Å². The maximum absolute atomic E-state index is 13.2. The third-order valence-corrected chi connectivity index (χ3v) is 5.32. The Balaban J connectivity index is 2.02. The number of Topliss-reactive ketones (excluding diaryl/α,β-unsaturated/α-hetero) is 2. The summed E-state index contributed by atoms with van der Waals surface area (Å²) in [6, 6.07) is 13.7. The number of fused-ring (bicyclic) bond motifs is 1. The lowest BCUT2D eigenvalue weighted by Gasteiger charge is -2.34. The number of carbonyl (C=O) groups is 2. The highest BCUT2D eigenvalue weighted by Crippen LogP contribution is 2.37. The van der Waals surface area contributed by atoms with Crippen LogP contribution in [0.2, 0.25) is 0 Å². The van der Waals surface area contributed by atoms with Gasteiger partial charge >= 0.3 is 0 Å². The van der Waals surface area contributed by atoms with Crippen molar-refractivity contribution in [2.75, 3.05) is 0 Å². The predicted octanol–water partition coefficient (Wildman–Crippen LogP) is 4.91. The molecule has 1 aliphatic rings. The van der Waals surface area contributed by atoms with Crippen molar-refractivity contribution >= 4 is 22.3 Å². The molecular formula is C21H24O2. The minimum atomic E-state index is -0.484. The van der Waals surface area contributed by atoms with Crippen molar-refractivity contribution in [3.05, 3.63) is 48.0 Å². The molecule has 1 saturated carbocycles. The summed E-state index contributed by atoms with van der Waals surface area (Å²) < 4.78 is 0. The molecule has 1 fully saturated rings. The average Bonchev–Trinajstić information content (AvgIpc) is 2.53. The quantitative estimate of drug-likeness (QED) is 0.596. The summed E-state index contributed by atoms with van der Waals surface area (Å²) >= 11 is 0. The van der Waals surface area contributed by atoms with Gasteiger partial charge in [0.1, 0.15) is 5.78 Å². The minimum Gasteiger partial charge on any atom is -0.299 e. The fraction of sp³-hybridized carbons (Fsp3) is 0.429. The van der Waals surface area contributed by atoms with E-state index < -0.39 is 5.92 Å². The maximum Gasteiger partial charge on any atom is 0.174 e. The first-order valence-electron chi connectivity index (χ1n) is 8.56. The van der Waals surface area contributed by atoms with Gasteiger partial charge in [-0.2, -0.15) is 0 Å². The predicted molar refractivity (Wildman–Crippen MR) is 93.5 cm³/mol. The van der Waals surface area contributed by atoms with Crippen molar-refractivity contribution in [3.63, 3.8) is 0 Å². The Morgan fingerprint density at radius 2 is 1.74 bits per heavy atom. The second kappa shape index (κ2) is 6.27. The first-order valence-corrected chi connectivity index (χ1v) is 8.56. The molecule has 0 amide bonds. The Kier molecular flexibility index (Phi) is 4.34. The highest BCUT2D eigenvalue weighted by Gasteiger charge is 2.41. The zero-order valence-electron chi connectivity index (χ0n) is 14.1. The molecule has 3 rings (SSSR count). The van der Waals surface area contributed by atoms with Gasteiger partial charge in [0.15, 0.2) is 5.78 Å². The van der Waals surface area contributed by atoms with Crippen molar-refractivity contribution in [1.82, 2.24) is 0 Å². The van der Waals surface area contributed by atoms with Gasteiger partial charge < -0.3 is 0 Å². The maximum atomic E-state index is 13.2. The highest BCUT2D eigenvalue weighted by molar-refractivity contribution is 6.17. The molecule has 0 heterocycles. The molecule has 0 unspecified atom stereocenters. The highest BCUT2D eigenvalue weighted by atomic mass is 16.2. The van der Waals surface area contributed by atoms with Crippen LogP contribution in [0.5, 0.6) is 0 Å². The van der Waals surface area contributed by atoms with Crippen LogP contribution in [-0.4, -0.2) is 11.6 Å². The standard InChI is InChI=1S/C21H24O2/c1-13(2)16-12-11-14(3)19(20(16)22)21(23)18-10-6-8-15-7-4-5-9-17(15)18/h4-10,13-14,16,19H,11-12H2,1-3H3/t14-,16+,19+/m0/s1. The lowest BCUT2D eigenvalue weighted by atomic mass is 9.68. The van der Waals surface area contributed by atoms with Gasteiger partial charge in [0.2, 0.25) is 0 Å². The molecule has 2 aromatic rings. The Bertz CT molecular complexity index is 739. The van der Waals surface area contributed by atoms with Gasteiger partial charge in [-0.15, -0.1) is 0 Å². The van der Waals surface area contributed by atoms with Gasteiger partial charge in [-0.25, -0.2) is 0 Å². The molecule has 0 aliphatic heterocycles. The molecule has 3 atom stereocenters. The van der Waals surface area contributed by atoms with Gasteiger partial charge in [-0.3, -0.25) is 9.59 Å². The van der Waals surface area contributed by atoms with Crippen molar-refractivity contribution in [2.24, 2.45) is 23.7 Å². The van der Waals surface area contributed by atoms with Gasteiger partial charge in [-0.1, -0.05) is 63.2 Å². The molecule has 2 heteroatoms. The van der Waals surface area contributed by atoms with E-state index in [0.29, 0.717) is 11.5 Å². The summed E-state index contributed by atoms with van der Waals surface area (Å²) in [7, 11) is 0. The molecular weight excluding hydrogens is 284 g/mol. The summed E-state index contributed by atoms with van der Waals surface area (Å²) in [4.78, 5) is 26.1. The lowest BCUT2D eigenvalue weighted by Crippen LogP contribution is -2.41. The van der Waals surface area contributed by atoms with E-state index >= 15 is 0 Å². The normalized spacial score (nSPS) is 25.0. The Labute approximate surface area is 137 Å². The zero-order chi connectivity index (χ0) is 16.6. The van der Waals surface area contributed by atoms with Gasteiger partial charge in [-0.05, 0) is 35.4 Å². The summed E-state index contributed by atoms with van der Waals surface area (Å²) in [5.74, 6) is 0.125. The SMILES string of the molecule is CC(C)[C@H]1CC[C@H](C)[C@@H](C(=O)c2cccc3ccccc23)C1=O. The van der Waals surface area contributed by atoms with Gasteiger partial charge in [0.05, 0.1) is 5.92 Å². The van der Waals surface area contributed by atoms with E-state index in [-0.39, 0.29) is 23.4 Å². The second-order valence-corrected chi connectivity index (χ2v) is 7.18. The summed E-state index contributed by atoms with van der Waals surface area (Å²) in [5, 5.41) is 2.00. The van der Waals surface area contributed by atoms with E-state index in [4.69, 9.17) is 0 Å². The van der Waals surface area contributed by atoms with Crippen LogP contribution in [0, 0.1) is 23.7 Å². The van der Waals surface area contributed by atoms with Crippen LogP contribution in [0.1, 0.15) is 44.0 Å². The van der Waals surface area contributed by atoms with Gasteiger partial charge in [0.25, 0.3) is 0 Å². The van der Waals surface area contributed by atoms with Crippen LogP contribution in [-0.2, 0) is 4.79 Å². The van der Waals surface area contributed by atoms with Crippen LogP contribution < -0.4 is 0 Å². The third kappa shape index (κ3) is 2.83. The molecule has 0 radical (unpaired) electrons. The number of hydrogen-bond donors (Lipinski definition) is 0. The van der Waals surface area contributed by atoms with Crippen molar-refractivity contribution in [2.45, 2.75) is 33.6 Å². The number of hydrogen-bond acceptors (Lipinski definition) is 2. The largest absolute Gasteiger partial charge is 0.299 e. The number of ketones is 2. The van der Waals surface area contributed by atoms with Crippen LogP contribution in [0.3, 0.4) is 0 Å². The number of carbonyl (C=O) groups excluding carboxylic acids is 2. The topological polar surface area (TPSA) is 34.1 Å². The van der Waals surface area contributed by atoms with Gasteiger partial charge in [0, 0.05) is 11.5 Å². The summed E-state index contributed by atoms with van der Waals surface area (Å²) in [6.45, 7) is 6.21. The summed E-state index contributed by atoms with van der Waals surface area (Å²) in [5.41, 5.74) is 0.692. The Hall–Kier alpha value is -1.96. The Morgan fingerprint density at radius 3 is 2.48 bits per heavy atom. The van der Waals surface area contributed by atoms with Crippen molar-refractivity contribution in [3.8, 4) is 0 Å². The molecule has 2 aromatic carbocycles. The molecule has 23 heavy (non-hydrogen) atoms. The first-order chi connectivity index (χ1) is 11.0. The molecule has 120 valence electrons. The average molecular weight is 308 g/mol. The van der Waals surface area contributed by atoms with E-state index in [1.54, 1.807) is 0 Å². The molecule has 0 N–H and O–H groups in total. The zero-order valence-corrected chi connectivity index (χ0v) is 14.1. The molecule has 0 aromatic heterocycles. The van der Waals surface area contributed by atoms with Crippen LogP contribution in [0.15, 0.2) is 42.5 Å². The number of benzene rings is 2. The van der Waals surface area contributed by atoms with Crippen molar-refractivity contribution < 1.29 is 9.59 Å². The fourth-order valence-corrected chi connectivity index (χ4v) is 3.92. The third-order valence-electron chi connectivity index (χ3n) is 5.32. The minimum absolute atomic E-state index is 0.00431. The summed E-state index contributed by atoms with van der Waals surface area (Å²) in [6.07, 6.45) is 1.87. The smallest absolute Gasteiger partial charge is 0.174 e. The molecule has 0 saturated heterocycles. The monoisotopic (exact) mass is 308 g/mol. The lowest BCUT2D eigenvalue weighted by molar-refractivity contribution is -0.130. The molecule has 0 spiro atoms. The van der Waals surface area contributed by atoms with Crippen LogP contribution in [0.25, 0.3) is 10.8 Å². The van der Waals surface area contributed by atoms with Crippen molar-refractivity contribution in [1.29, 1.82) is 0 Å².